The number of benzene rings is 1. The summed E-state index contributed by atoms with van der Waals surface area (Å²) in [6.07, 6.45) is 1.86. The van der Waals surface area contributed by atoms with Gasteiger partial charge >= 0.3 is 12.0 Å². The highest BCUT2D eigenvalue weighted by molar-refractivity contribution is 7.85. The van der Waals surface area contributed by atoms with Crippen molar-refractivity contribution in [3.8, 4) is 0 Å². The molecule has 9 heteroatoms. The fourth-order valence-corrected chi connectivity index (χ4v) is 1.93. The molecular weight excluding hydrogens is 312 g/mol. The highest BCUT2D eigenvalue weighted by atomic mass is 32.2. The minimum Gasteiger partial charge on any atom is -0.478 e. The second-order valence-corrected chi connectivity index (χ2v) is 5.78. The summed E-state index contributed by atoms with van der Waals surface area (Å²) >= 11 is 0. The van der Waals surface area contributed by atoms with Gasteiger partial charge in [-0.05, 0) is 37.6 Å². The fraction of sp³-hybridized carbons (Fsp3) is 0.231. The van der Waals surface area contributed by atoms with E-state index in [0.717, 1.165) is 12.1 Å². The van der Waals surface area contributed by atoms with E-state index in [2.05, 4.69) is 10.6 Å². The number of rotatable bonds is 6. The van der Waals surface area contributed by atoms with Crippen molar-refractivity contribution in [3.05, 3.63) is 35.9 Å². The standard InChI is InChI=1S/C13H16N2O6S/c1-9(12(16)17)3-2-8-14-13(18)15-10-4-6-11(7-5-10)22(19,20)21/h3-7H,2,8H2,1H3,(H,16,17)(H2,14,15,18)(H,19,20,21). The third-order valence-electron chi connectivity index (χ3n) is 2.63. The van der Waals surface area contributed by atoms with Crippen LogP contribution in [-0.4, -0.2) is 36.6 Å². The van der Waals surface area contributed by atoms with Gasteiger partial charge in [-0.1, -0.05) is 6.08 Å². The Balaban J connectivity index is 2.46. The minimum atomic E-state index is -4.26. The van der Waals surface area contributed by atoms with E-state index in [1.54, 1.807) is 0 Å². The molecule has 0 atom stereocenters. The lowest BCUT2D eigenvalue weighted by Crippen LogP contribution is -2.29. The number of carboxylic acids is 1. The van der Waals surface area contributed by atoms with Gasteiger partial charge in [0.15, 0.2) is 0 Å². The summed E-state index contributed by atoms with van der Waals surface area (Å²) in [6, 6.07) is 4.46. The summed E-state index contributed by atoms with van der Waals surface area (Å²) < 4.78 is 30.5. The first-order valence-corrected chi connectivity index (χ1v) is 7.66. The van der Waals surface area contributed by atoms with Crippen molar-refractivity contribution in [2.45, 2.75) is 18.2 Å². The minimum absolute atomic E-state index is 0.197. The Hall–Kier alpha value is -2.39. The van der Waals surface area contributed by atoms with E-state index in [-0.39, 0.29) is 17.0 Å². The molecule has 0 saturated heterocycles. The van der Waals surface area contributed by atoms with Gasteiger partial charge in [-0.3, -0.25) is 4.55 Å². The molecule has 0 bridgehead atoms. The maximum absolute atomic E-state index is 11.5. The first kappa shape index (κ1) is 17.7. The van der Waals surface area contributed by atoms with Crippen LogP contribution in [0.2, 0.25) is 0 Å². The summed E-state index contributed by atoms with van der Waals surface area (Å²) in [4.78, 5) is 21.8. The Morgan fingerprint density at radius 2 is 1.82 bits per heavy atom. The van der Waals surface area contributed by atoms with Gasteiger partial charge in [-0.2, -0.15) is 8.42 Å². The van der Waals surface area contributed by atoms with Gasteiger partial charge in [0.2, 0.25) is 0 Å². The molecule has 0 aliphatic heterocycles. The smallest absolute Gasteiger partial charge is 0.330 e. The summed E-state index contributed by atoms with van der Waals surface area (Å²) in [6.45, 7) is 1.71. The third-order valence-corrected chi connectivity index (χ3v) is 3.50. The van der Waals surface area contributed by atoms with Crippen molar-refractivity contribution in [1.29, 1.82) is 0 Å². The molecule has 8 nitrogen and oxygen atoms in total. The molecule has 0 aliphatic carbocycles. The predicted molar refractivity (Wildman–Crippen MR) is 79.3 cm³/mol. The van der Waals surface area contributed by atoms with Gasteiger partial charge in [-0.15, -0.1) is 0 Å². The number of anilines is 1. The molecule has 0 heterocycles. The second-order valence-electron chi connectivity index (χ2n) is 4.36. The number of carbonyl (C=O) groups is 2. The van der Waals surface area contributed by atoms with Crippen LogP contribution in [0, 0.1) is 0 Å². The van der Waals surface area contributed by atoms with Gasteiger partial charge in [0.05, 0.1) is 4.90 Å². The zero-order valence-electron chi connectivity index (χ0n) is 11.7. The van der Waals surface area contributed by atoms with Crippen molar-refractivity contribution in [2.75, 3.05) is 11.9 Å². The van der Waals surface area contributed by atoms with Crippen LogP contribution in [0.15, 0.2) is 40.8 Å². The van der Waals surface area contributed by atoms with Crippen LogP contribution in [0.25, 0.3) is 0 Å². The Bertz CT molecular complexity index is 679. The van der Waals surface area contributed by atoms with E-state index < -0.39 is 22.1 Å². The zero-order chi connectivity index (χ0) is 16.8. The Morgan fingerprint density at radius 3 is 2.32 bits per heavy atom. The van der Waals surface area contributed by atoms with Crippen LogP contribution in [0.1, 0.15) is 13.3 Å². The Kier molecular flexibility index (Phi) is 6.08. The lowest BCUT2D eigenvalue weighted by molar-refractivity contribution is -0.132. The van der Waals surface area contributed by atoms with Gasteiger partial charge in [0.1, 0.15) is 0 Å². The molecule has 0 aliphatic rings. The topological polar surface area (TPSA) is 133 Å². The van der Waals surface area contributed by atoms with Crippen LogP contribution in [0.4, 0.5) is 10.5 Å². The number of carbonyl (C=O) groups excluding carboxylic acids is 1. The molecule has 1 aromatic rings. The maximum atomic E-state index is 11.5. The number of carboxylic acid groups (broad SMARTS) is 1. The lowest BCUT2D eigenvalue weighted by Gasteiger charge is -2.07. The second kappa shape index (κ2) is 7.57. The van der Waals surface area contributed by atoms with Crippen LogP contribution in [0.3, 0.4) is 0 Å². The van der Waals surface area contributed by atoms with Crippen molar-refractivity contribution >= 4 is 27.8 Å². The highest BCUT2D eigenvalue weighted by Gasteiger charge is 2.09. The summed E-state index contributed by atoms with van der Waals surface area (Å²) in [5.41, 5.74) is 0.546. The van der Waals surface area contributed by atoms with Crippen molar-refractivity contribution in [2.24, 2.45) is 0 Å². The van der Waals surface area contributed by atoms with Crippen LogP contribution >= 0.6 is 0 Å². The number of aliphatic carboxylic acids is 1. The predicted octanol–water partition coefficient (Wildman–Crippen LogP) is 1.48. The molecule has 0 saturated carbocycles. The molecule has 120 valence electrons. The maximum Gasteiger partial charge on any atom is 0.330 e. The molecule has 0 unspecified atom stereocenters. The molecule has 0 fully saturated rings. The fourth-order valence-electron chi connectivity index (χ4n) is 1.45. The monoisotopic (exact) mass is 328 g/mol. The molecule has 2 amide bonds. The van der Waals surface area contributed by atoms with Crippen LogP contribution in [0.5, 0.6) is 0 Å². The molecule has 22 heavy (non-hydrogen) atoms. The highest BCUT2D eigenvalue weighted by Crippen LogP contribution is 2.13. The SMILES string of the molecule is CC(=CCCNC(=O)Nc1ccc(S(=O)(=O)O)cc1)C(=O)O. The molecule has 0 spiro atoms. The van der Waals surface area contributed by atoms with E-state index in [1.165, 1.54) is 25.1 Å². The average molecular weight is 328 g/mol. The van der Waals surface area contributed by atoms with Gasteiger partial charge in [0.25, 0.3) is 10.1 Å². The summed E-state index contributed by atoms with van der Waals surface area (Å²) in [5, 5.41) is 13.6. The zero-order valence-corrected chi connectivity index (χ0v) is 12.6. The van der Waals surface area contributed by atoms with Crippen molar-refractivity contribution in [1.82, 2.24) is 5.32 Å². The van der Waals surface area contributed by atoms with Crippen molar-refractivity contribution in [3.63, 3.8) is 0 Å². The van der Waals surface area contributed by atoms with Crippen LogP contribution in [-0.2, 0) is 14.9 Å². The normalized spacial score (nSPS) is 11.8. The largest absolute Gasteiger partial charge is 0.478 e. The van der Waals surface area contributed by atoms with Crippen molar-refractivity contribution < 1.29 is 27.7 Å². The number of hydrogen-bond acceptors (Lipinski definition) is 4. The van der Waals surface area contributed by atoms with Gasteiger partial charge < -0.3 is 15.7 Å². The lowest BCUT2D eigenvalue weighted by atomic mass is 10.2. The molecule has 1 rings (SSSR count). The average Bonchev–Trinajstić information content (AvgIpc) is 2.42. The van der Waals surface area contributed by atoms with E-state index in [9.17, 15) is 18.0 Å². The number of hydrogen-bond donors (Lipinski definition) is 4. The number of nitrogens with one attached hydrogen (secondary N) is 2. The number of urea groups is 1. The molecule has 1 aromatic carbocycles. The van der Waals surface area contributed by atoms with E-state index in [1.807, 2.05) is 0 Å². The summed E-state index contributed by atoms with van der Waals surface area (Å²) in [7, 11) is -4.26. The van der Waals surface area contributed by atoms with Gasteiger partial charge in [0, 0.05) is 17.8 Å². The van der Waals surface area contributed by atoms with Gasteiger partial charge in [-0.25, -0.2) is 9.59 Å². The molecular formula is C13H16N2O6S. The molecule has 4 N–H and O–H groups in total. The first-order valence-electron chi connectivity index (χ1n) is 6.22. The van der Waals surface area contributed by atoms with E-state index >= 15 is 0 Å². The third kappa shape index (κ3) is 5.94. The number of amides is 2. The quantitative estimate of drug-likeness (QED) is 0.355. The first-order chi connectivity index (χ1) is 10.2. The van der Waals surface area contributed by atoms with E-state index in [4.69, 9.17) is 9.66 Å². The Labute approximate surface area is 127 Å². The Morgan fingerprint density at radius 1 is 1.23 bits per heavy atom. The molecule has 0 aromatic heterocycles. The van der Waals surface area contributed by atoms with E-state index in [0.29, 0.717) is 12.1 Å². The summed E-state index contributed by atoms with van der Waals surface area (Å²) in [5.74, 6) is -1.01. The van der Waals surface area contributed by atoms with Crippen LogP contribution < -0.4 is 10.6 Å². The molecule has 0 radical (unpaired) electrons.